The van der Waals surface area contributed by atoms with Gasteiger partial charge in [0.1, 0.15) is 17.0 Å². The highest BCUT2D eigenvalue weighted by atomic mass is 16.3. The summed E-state index contributed by atoms with van der Waals surface area (Å²) in [7, 11) is 0. The van der Waals surface area contributed by atoms with Gasteiger partial charge < -0.3 is 15.1 Å². The molecule has 3 heterocycles. The number of amides is 1. The highest BCUT2D eigenvalue weighted by molar-refractivity contribution is 5.98. The third-order valence-electron chi connectivity index (χ3n) is 7.10. The van der Waals surface area contributed by atoms with Gasteiger partial charge in [0, 0.05) is 43.5 Å². The average Bonchev–Trinajstić information content (AvgIpc) is 3.80. The molecular weight excluding hydrogens is 426 g/mol. The zero-order valence-electron chi connectivity index (χ0n) is 19.4. The lowest BCUT2D eigenvalue weighted by atomic mass is 10.0. The first kappa shape index (κ1) is 22.2. The number of hydrogen-bond acceptors (Lipinski definition) is 6. The van der Waals surface area contributed by atoms with Crippen LogP contribution in [0.2, 0.25) is 0 Å². The third kappa shape index (κ3) is 4.55. The minimum absolute atomic E-state index is 0.0631. The molecule has 1 atom stereocenters. The maximum Gasteiger partial charge on any atom is 0.267 e. The van der Waals surface area contributed by atoms with Gasteiger partial charge in [0.25, 0.3) is 5.91 Å². The molecule has 3 saturated heterocycles. The summed E-state index contributed by atoms with van der Waals surface area (Å²) in [6.45, 7) is 6.88. The summed E-state index contributed by atoms with van der Waals surface area (Å²) in [5.41, 5.74) is 3.74. The molecule has 3 aliphatic heterocycles. The number of nitroso groups, excluding NO2 is 1. The van der Waals surface area contributed by atoms with Crippen molar-refractivity contribution in [2.45, 2.75) is 31.5 Å². The van der Waals surface area contributed by atoms with E-state index in [9.17, 15) is 9.70 Å². The van der Waals surface area contributed by atoms with E-state index in [0.717, 1.165) is 62.4 Å². The van der Waals surface area contributed by atoms with Gasteiger partial charge in [-0.1, -0.05) is 18.1 Å². The minimum atomic E-state index is -0.0996. The van der Waals surface area contributed by atoms with E-state index in [0.29, 0.717) is 11.4 Å². The molecule has 0 bridgehead atoms. The number of nitrogens with one attached hydrogen (secondary N) is 1. The molecule has 5 rings (SSSR count). The summed E-state index contributed by atoms with van der Waals surface area (Å²) in [5, 5.41) is 6.30. The Labute approximate surface area is 200 Å². The van der Waals surface area contributed by atoms with Crippen LogP contribution in [-0.4, -0.2) is 60.1 Å². The predicted octanol–water partition coefficient (Wildman–Crippen LogP) is 3.54. The van der Waals surface area contributed by atoms with Crippen molar-refractivity contribution in [3.63, 3.8) is 0 Å². The van der Waals surface area contributed by atoms with Crippen molar-refractivity contribution in [1.82, 2.24) is 15.1 Å². The predicted molar refractivity (Wildman–Crippen MR) is 134 cm³/mol. The summed E-state index contributed by atoms with van der Waals surface area (Å²) < 4.78 is 0. The van der Waals surface area contributed by atoms with E-state index < -0.39 is 0 Å². The van der Waals surface area contributed by atoms with Crippen LogP contribution < -0.4 is 10.2 Å². The van der Waals surface area contributed by atoms with E-state index in [4.69, 9.17) is 6.42 Å². The van der Waals surface area contributed by atoms with Gasteiger partial charge in [-0.3, -0.25) is 9.69 Å². The smallest absolute Gasteiger partial charge is 0.267 e. The number of carbonyl (C=O) groups is 1. The molecule has 2 aromatic carbocycles. The summed E-state index contributed by atoms with van der Waals surface area (Å²) >= 11 is 0. The Balaban J connectivity index is 1.27. The van der Waals surface area contributed by atoms with Crippen LogP contribution in [0.25, 0.3) is 6.08 Å². The lowest BCUT2D eigenvalue weighted by Crippen LogP contribution is -2.46. The normalized spacial score (nSPS) is 22.8. The van der Waals surface area contributed by atoms with Crippen molar-refractivity contribution in [3.05, 3.63) is 70.3 Å². The lowest BCUT2D eigenvalue weighted by molar-refractivity contribution is -0.119. The largest absolute Gasteiger partial charge is 0.371 e. The van der Waals surface area contributed by atoms with Crippen LogP contribution in [0.5, 0.6) is 0 Å². The Kier molecular flexibility index (Phi) is 5.84. The molecule has 34 heavy (non-hydrogen) atoms. The molecule has 2 aromatic rings. The molecule has 3 fully saturated rings. The van der Waals surface area contributed by atoms with Crippen LogP contribution in [0.4, 0.5) is 11.4 Å². The van der Waals surface area contributed by atoms with Crippen molar-refractivity contribution in [2.75, 3.05) is 37.6 Å². The zero-order chi connectivity index (χ0) is 23.7. The fraction of sp³-hybridized carbons (Fsp3) is 0.370. The van der Waals surface area contributed by atoms with Crippen LogP contribution in [0.3, 0.4) is 0 Å². The van der Waals surface area contributed by atoms with Gasteiger partial charge in [-0.25, -0.2) is 0 Å². The highest BCUT2D eigenvalue weighted by Gasteiger charge is 2.57. The second-order valence-electron chi connectivity index (χ2n) is 9.43. The maximum absolute atomic E-state index is 13.4. The molecule has 0 saturated carbocycles. The van der Waals surface area contributed by atoms with Crippen LogP contribution in [0, 0.1) is 17.3 Å². The number of anilines is 1. The standard InChI is InChI=1S/C27H29N5O2/c1-3-20-7-9-24(10-8-20)30-13-11-22(12-14-30)28-26(33)25(32-19-27(32,2)31-15-16-31)18-21-5-4-6-23(17-21)29-34/h1,4-10,17-18,22H,11-16,19H2,2H3,(H,28,33)/b25-18-. The van der Waals surface area contributed by atoms with Gasteiger partial charge in [-0.15, -0.1) is 11.3 Å². The Hall–Kier alpha value is -3.63. The highest BCUT2D eigenvalue weighted by Crippen LogP contribution is 2.43. The van der Waals surface area contributed by atoms with E-state index in [1.807, 2.05) is 24.3 Å². The van der Waals surface area contributed by atoms with Gasteiger partial charge >= 0.3 is 0 Å². The van der Waals surface area contributed by atoms with Gasteiger partial charge in [-0.2, -0.15) is 0 Å². The topological polar surface area (TPSA) is 67.8 Å². The Morgan fingerprint density at radius 2 is 1.88 bits per heavy atom. The average molecular weight is 456 g/mol. The second kappa shape index (κ2) is 8.96. The molecule has 7 nitrogen and oxygen atoms in total. The number of benzene rings is 2. The summed E-state index contributed by atoms with van der Waals surface area (Å²) in [4.78, 5) is 31.3. The van der Waals surface area contributed by atoms with Crippen molar-refractivity contribution < 1.29 is 4.79 Å². The monoisotopic (exact) mass is 455 g/mol. The molecule has 174 valence electrons. The Morgan fingerprint density at radius 1 is 1.15 bits per heavy atom. The molecule has 1 amide bonds. The SMILES string of the molecule is C#Cc1ccc(N2CCC(NC(=O)/C(=C/c3cccc(N=O)c3)N3CC3(C)N3CC3)CC2)cc1. The number of carbonyl (C=O) groups excluding carboxylic acids is 1. The van der Waals surface area contributed by atoms with E-state index in [1.165, 1.54) is 0 Å². The van der Waals surface area contributed by atoms with Crippen molar-refractivity contribution in [3.8, 4) is 12.3 Å². The van der Waals surface area contributed by atoms with Gasteiger partial charge in [-0.05, 0) is 73.0 Å². The summed E-state index contributed by atoms with van der Waals surface area (Å²) in [5.74, 6) is 2.59. The molecular formula is C27H29N5O2. The first-order chi connectivity index (χ1) is 16.5. The molecule has 7 heteroatoms. The van der Waals surface area contributed by atoms with E-state index in [2.05, 4.69) is 50.2 Å². The van der Waals surface area contributed by atoms with Crippen LogP contribution >= 0.6 is 0 Å². The van der Waals surface area contributed by atoms with Crippen LogP contribution in [-0.2, 0) is 4.79 Å². The summed E-state index contributed by atoms with van der Waals surface area (Å²) in [6, 6.07) is 15.2. The zero-order valence-corrected chi connectivity index (χ0v) is 19.4. The quantitative estimate of drug-likeness (QED) is 0.299. The molecule has 0 spiro atoms. The first-order valence-corrected chi connectivity index (χ1v) is 11.8. The van der Waals surface area contributed by atoms with E-state index >= 15 is 0 Å². The molecule has 0 radical (unpaired) electrons. The van der Waals surface area contributed by atoms with Gasteiger partial charge in [0.15, 0.2) is 0 Å². The van der Waals surface area contributed by atoms with Crippen molar-refractivity contribution in [1.29, 1.82) is 0 Å². The lowest BCUT2D eigenvalue weighted by Gasteiger charge is -2.34. The van der Waals surface area contributed by atoms with Crippen LogP contribution in [0.1, 0.15) is 30.9 Å². The van der Waals surface area contributed by atoms with Crippen molar-refractivity contribution in [2.24, 2.45) is 5.18 Å². The van der Waals surface area contributed by atoms with Gasteiger partial charge in [0.05, 0.1) is 6.54 Å². The van der Waals surface area contributed by atoms with E-state index in [-0.39, 0.29) is 17.6 Å². The molecule has 3 aliphatic rings. The summed E-state index contributed by atoms with van der Waals surface area (Å²) in [6.07, 6.45) is 9.09. The number of nitrogens with zero attached hydrogens (tertiary/aromatic N) is 4. The first-order valence-electron chi connectivity index (χ1n) is 11.8. The van der Waals surface area contributed by atoms with Gasteiger partial charge in [0.2, 0.25) is 0 Å². The number of terminal acetylenes is 1. The van der Waals surface area contributed by atoms with E-state index in [1.54, 1.807) is 18.2 Å². The molecule has 1 N–H and O–H groups in total. The third-order valence-corrected chi connectivity index (χ3v) is 7.10. The molecule has 0 aromatic heterocycles. The Morgan fingerprint density at radius 3 is 2.53 bits per heavy atom. The number of rotatable bonds is 7. The van der Waals surface area contributed by atoms with Crippen molar-refractivity contribution >= 4 is 23.4 Å². The molecule has 1 unspecified atom stereocenters. The Bertz CT molecular complexity index is 1160. The van der Waals surface area contributed by atoms with Crippen LogP contribution in [0.15, 0.2) is 59.4 Å². The number of piperidine rings is 1. The molecule has 0 aliphatic carbocycles. The fourth-order valence-electron chi connectivity index (χ4n) is 4.82. The fourth-order valence-corrected chi connectivity index (χ4v) is 4.82. The second-order valence-corrected chi connectivity index (χ2v) is 9.43. The minimum Gasteiger partial charge on any atom is -0.371 e. The number of hydrogen-bond donors (Lipinski definition) is 1. The maximum atomic E-state index is 13.4.